The smallest absolute Gasteiger partial charge is 0.337 e. The molecule has 33 heavy (non-hydrogen) atoms. The number of hydrogen-bond donors (Lipinski definition) is 2. The molecule has 7 nitrogen and oxygen atoms in total. The summed E-state index contributed by atoms with van der Waals surface area (Å²) in [5.41, 5.74) is 2.51. The van der Waals surface area contributed by atoms with Gasteiger partial charge in [-0.05, 0) is 93.9 Å². The fourth-order valence-corrected chi connectivity index (χ4v) is 6.40. The van der Waals surface area contributed by atoms with Gasteiger partial charge < -0.3 is 14.9 Å². The number of nitrogens with one attached hydrogen (secondary N) is 1. The van der Waals surface area contributed by atoms with E-state index in [1.54, 1.807) is 31.2 Å². The molecule has 8 heteroatoms. The highest BCUT2D eigenvalue weighted by atomic mass is 32.2. The van der Waals surface area contributed by atoms with E-state index in [1.807, 2.05) is 13.0 Å². The van der Waals surface area contributed by atoms with Crippen LogP contribution in [-0.4, -0.2) is 57.1 Å². The van der Waals surface area contributed by atoms with E-state index in [0.29, 0.717) is 17.2 Å². The molecule has 0 amide bonds. The minimum absolute atomic E-state index is 0.123. The van der Waals surface area contributed by atoms with Gasteiger partial charge in [0.1, 0.15) is 0 Å². The zero-order chi connectivity index (χ0) is 23.6. The van der Waals surface area contributed by atoms with E-state index in [-0.39, 0.29) is 16.1 Å². The third kappa shape index (κ3) is 5.50. The number of rotatable bonds is 7. The Bertz CT molecular complexity index is 1130. The highest BCUT2D eigenvalue weighted by Crippen LogP contribution is 2.31. The molecule has 2 aromatic rings. The number of carboxylic acid groups (broad SMARTS) is 1. The number of anilines is 2. The Morgan fingerprint density at radius 1 is 1.06 bits per heavy atom. The Morgan fingerprint density at radius 3 is 2.55 bits per heavy atom. The van der Waals surface area contributed by atoms with Crippen LogP contribution in [0.1, 0.15) is 47.2 Å². The summed E-state index contributed by atoms with van der Waals surface area (Å²) in [6.45, 7) is 8.60. The number of hydrogen-bond acceptors (Lipinski definition) is 5. The molecule has 2 N–H and O–H groups in total. The quantitative estimate of drug-likeness (QED) is 0.632. The van der Waals surface area contributed by atoms with Crippen molar-refractivity contribution in [1.82, 2.24) is 4.90 Å². The first-order valence-electron chi connectivity index (χ1n) is 11.7. The van der Waals surface area contributed by atoms with Crippen molar-refractivity contribution in [3.05, 3.63) is 53.1 Å². The van der Waals surface area contributed by atoms with Crippen molar-refractivity contribution in [1.29, 1.82) is 0 Å². The minimum atomic E-state index is -3.83. The second kappa shape index (κ2) is 9.73. The molecule has 2 fully saturated rings. The van der Waals surface area contributed by atoms with Gasteiger partial charge in [0.2, 0.25) is 0 Å². The molecule has 0 saturated carbocycles. The second-order valence-corrected chi connectivity index (χ2v) is 11.0. The van der Waals surface area contributed by atoms with E-state index >= 15 is 0 Å². The third-order valence-corrected chi connectivity index (χ3v) is 8.21. The number of carbonyl (C=O) groups is 1. The van der Waals surface area contributed by atoms with Gasteiger partial charge in [0.15, 0.2) is 0 Å². The molecule has 2 saturated heterocycles. The van der Waals surface area contributed by atoms with Crippen LogP contribution in [0.25, 0.3) is 0 Å². The summed E-state index contributed by atoms with van der Waals surface area (Å²) in [4.78, 5) is 17.0. The predicted octanol–water partition coefficient (Wildman–Crippen LogP) is 4.11. The predicted molar refractivity (Wildman–Crippen MR) is 131 cm³/mol. The molecule has 0 spiro atoms. The van der Waals surface area contributed by atoms with Crippen molar-refractivity contribution in [2.75, 3.05) is 42.3 Å². The molecule has 2 aliphatic rings. The molecule has 2 heterocycles. The molecule has 0 aliphatic carbocycles. The van der Waals surface area contributed by atoms with Crippen LogP contribution in [0.5, 0.6) is 0 Å². The number of benzene rings is 2. The van der Waals surface area contributed by atoms with Crippen molar-refractivity contribution >= 4 is 27.4 Å². The van der Waals surface area contributed by atoms with Crippen molar-refractivity contribution in [2.24, 2.45) is 5.92 Å². The summed E-state index contributed by atoms with van der Waals surface area (Å²) in [5.74, 6) is -0.541. The van der Waals surface area contributed by atoms with Gasteiger partial charge >= 0.3 is 5.97 Å². The van der Waals surface area contributed by atoms with Gasteiger partial charge in [0.05, 0.1) is 16.1 Å². The van der Waals surface area contributed by atoms with Crippen LogP contribution in [-0.2, 0) is 10.0 Å². The first-order chi connectivity index (χ1) is 15.7. The van der Waals surface area contributed by atoms with E-state index in [0.717, 1.165) is 51.1 Å². The summed E-state index contributed by atoms with van der Waals surface area (Å²) >= 11 is 0. The van der Waals surface area contributed by atoms with Crippen LogP contribution < -0.4 is 9.62 Å². The maximum atomic E-state index is 13.0. The first-order valence-corrected chi connectivity index (χ1v) is 13.2. The Hall–Kier alpha value is -2.58. The maximum Gasteiger partial charge on any atom is 0.337 e. The molecule has 2 aromatic carbocycles. The highest BCUT2D eigenvalue weighted by Gasteiger charge is 2.27. The zero-order valence-corrected chi connectivity index (χ0v) is 20.2. The van der Waals surface area contributed by atoms with Crippen molar-refractivity contribution in [3.8, 4) is 0 Å². The number of piperidine rings is 1. The van der Waals surface area contributed by atoms with Gasteiger partial charge in [-0.3, -0.25) is 4.72 Å². The van der Waals surface area contributed by atoms with E-state index in [9.17, 15) is 18.3 Å². The molecule has 4 rings (SSSR count). The fraction of sp³-hybridized carbons (Fsp3) is 0.480. The number of sulfonamides is 1. The standard InChI is InChI=1S/C25H33N3O4S/c1-18-7-8-19(2)24(14-18)33(31,32)26-21-9-10-23(22(15-21)25(29)30)28-13-5-6-20(17-28)16-27-11-3-4-12-27/h7-10,14-15,20,26H,3-6,11-13,16-17H2,1-2H3,(H,29,30)/t20-/m0/s1. The summed E-state index contributed by atoms with van der Waals surface area (Å²) in [5, 5.41) is 9.90. The summed E-state index contributed by atoms with van der Waals surface area (Å²) < 4.78 is 28.5. The van der Waals surface area contributed by atoms with E-state index in [2.05, 4.69) is 14.5 Å². The van der Waals surface area contributed by atoms with Crippen molar-refractivity contribution < 1.29 is 18.3 Å². The molecule has 0 aromatic heterocycles. The lowest BCUT2D eigenvalue weighted by molar-refractivity contribution is 0.0697. The fourth-order valence-electron chi connectivity index (χ4n) is 5.02. The first kappa shape index (κ1) is 23.6. The van der Waals surface area contributed by atoms with Crippen LogP contribution in [0.2, 0.25) is 0 Å². The molecule has 0 unspecified atom stereocenters. The molecule has 178 valence electrons. The molecule has 1 atom stereocenters. The SMILES string of the molecule is Cc1ccc(C)c(S(=O)(=O)Nc2ccc(N3CCC[C@@H](CN4CCCC4)C3)c(C(=O)O)c2)c1. The topological polar surface area (TPSA) is 90.0 Å². The lowest BCUT2D eigenvalue weighted by Crippen LogP contribution is -2.41. The lowest BCUT2D eigenvalue weighted by atomic mass is 9.96. The third-order valence-electron chi connectivity index (χ3n) is 6.69. The van der Waals surface area contributed by atoms with Gasteiger partial charge in [-0.15, -0.1) is 0 Å². The van der Waals surface area contributed by atoms with Crippen LogP contribution in [0, 0.1) is 19.8 Å². The van der Waals surface area contributed by atoms with Crippen LogP contribution in [0.15, 0.2) is 41.3 Å². The van der Waals surface area contributed by atoms with E-state index in [1.165, 1.54) is 18.9 Å². The van der Waals surface area contributed by atoms with Crippen LogP contribution in [0.3, 0.4) is 0 Å². The lowest BCUT2D eigenvalue weighted by Gasteiger charge is -2.36. The number of aryl methyl sites for hydroxylation is 2. The van der Waals surface area contributed by atoms with E-state index < -0.39 is 16.0 Å². The Balaban J connectivity index is 1.55. The van der Waals surface area contributed by atoms with Crippen molar-refractivity contribution in [2.45, 2.75) is 44.4 Å². The Labute approximate surface area is 196 Å². The van der Waals surface area contributed by atoms with Crippen LogP contribution >= 0.6 is 0 Å². The zero-order valence-electron chi connectivity index (χ0n) is 19.4. The molecule has 0 radical (unpaired) electrons. The monoisotopic (exact) mass is 471 g/mol. The van der Waals surface area contributed by atoms with Gasteiger partial charge in [0, 0.05) is 25.3 Å². The number of carboxylic acids is 1. The number of likely N-dealkylation sites (tertiary alicyclic amines) is 1. The highest BCUT2D eigenvalue weighted by molar-refractivity contribution is 7.92. The van der Waals surface area contributed by atoms with Crippen LogP contribution in [0.4, 0.5) is 11.4 Å². The van der Waals surface area contributed by atoms with Crippen molar-refractivity contribution in [3.63, 3.8) is 0 Å². The Kier molecular flexibility index (Phi) is 6.95. The largest absolute Gasteiger partial charge is 0.478 e. The normalized spacial score (nSPS) is 19.6. The number of aromatic carboxylic acids is 1. The van der Waals surface area contributed by atoms with E-state index in [4.69, 9.17) is 0 Å². The summed E-state index contributed by atoms with van der Waals surface area (Å²) in [7, 11) is -3.83. The van der Waals surface area contributed by atoms with Gasteiger partial charge in [0.25, 0.3) is 10.0 Å². The molecular weight excluding hydrogens is 438 g/mol. The summed E-state index contributed by atoms with van der Waals surface area (Å²) in [6.07, 6.45) is 4.71. The van der Waals surface area contributed by atoms with Gasteiger partial charge in [-0.25, -0.2) is 13.2 Å². The minimum Gasteiger partial charge on any atom is -0.478 e. The molecule has 2 aliphatic heterocycles. The second-order valence-electron chi connectivity index (χ2n) is 9.37. The average Bonchev–Trinajstić information content (AvgIpc) is 3.28. The number of nitrogens with zero attached hydrogens (tertiary/aromatic N) is 2. The Morgan fingerprint density at radius 2 is 1.82 bits per heavy atom. The molecule has 0 bridgehead atoms. The van der Waals surface area contributed by atoms with Gasteiger partial charge in [-0.2, -0.15) is 0 Å². The maximum absolute atomic E-state index is 13.0. The average molecular weight is 472 g/mol. The molecular formula is C25H33N3O4S. The van der Waals surface area contributed by atoms with Gasteiger partial charge in [-0.1, -0.05) is 12.1 Å². The summed E-state index contributed by atoms with van der Waals surface area (Å²) in [6, 6.07) is 10.1.